The molecule has 0 aromatic heterocycles. The second-order valence-electron chi connectivity index (χ2n) is 5.10. The fourth-order valence-electron chi connectivity index (χ4n) is 2.38. The van der Waals surface area contributed by atoms with Crippen molar-refractivity contribution in [3.8, 4) is 0 Å². The van der Waals surface area contributed by atoms with Crippen LogP contribution in [0.3, 0.4) is 0 Å². The summed E-state index contributed by atoms with van der Waals surface area (Å²) in [5.41, 5.74) is 3.09. The SMILES string of the molecule is CCB(OC(=O)CNN1CCCC1)ON1CCCC1. The van der Waals surface area contributed by atoms with Gasteiger partial charge in [-0.1, -0.05) is 6.92 Å². The van der Waals surface area contributed by atoms with Crippen LogP contribution in [0.15, 0.2) is 0 Å². The molecule has 0 atom stereocenters. The highest BCUT2D eigenvalue weighted by Crippen LogP contribution is 2.10. The number of hydrazine groups is 1. The summed E-state index contributed by atoms with van der Waals surface area (Å²) < 4.78 is 11.0. The van der Waals surface area contributed by atoms with Gasteiger partial charge in [-0.15, -0.1) is 0 Å². The summed E-state index contributed by atoms with van der Waals surface area (Å²) in [5.74, 6) is -0.252. The largest absolute Gasteiger partial charge is 0.544 e. The van der Waals surface area contributed by atoms with E-state index in [9.17, 15) is 4.79 Å². The van der Waals surface area contributed by atoms with Gasteiger partial charge in [-0.3, -0.25) is 4.79 Å². The molecule has 2 aliphatic rings. The highest BCUT2D eigenvalue weighted by atomic mass is 16.7. The van der Waals surface area contributed by atoms with Gasteiger partial charge in [0, 0.05) is 26.2 Å². The fraction of sp³-hybridized carbons (Fsp3) is 0.917. The van der Waals surface area contributed by atoms with Gasteiger partial charge >= 0.3 is 13.1 Å². The molecule has 108 valence electrons. The quantitative estimate of drug-likeness (QED) is 0.685. The monoisotopic (exact) mass is 269 g/mol. The number of carbonyl (C=O) groups is 1. The Bertz CT molecular complexity index is 281. The molecule has 2 heterocycles. The van der Waals surface area contributed by atoms with Gasteiger partial charge in [-0.25, -0.2) is 15.5 Å². The van der Waals surface area contributed by atoms with E-state index in [4.69, 9.17) is 9.41 Å². The lowest BCUT2D eigenvalue weighted by molar-refractivity contribution is -0.139. The Balaban J connectivity index is 1.63. The highest BCUT2D eigenvalue weighted by molar-refractivity contribution is 6.46. The van der Waals surface area contributed by atoms with Crippen LogP contribution in [-0.4, -0.2) is 55.9 Å². The molecule has 0 aromatic rings. The molecule has 0 aliphatic carbocycles. The van der Waals surface area contributed by atoms with Crippen LogP contribution in [0.25, 0.3) is 0 Å². The van der Waals surface area contributed by atoms with E-state index in [2.05, 4.69) is 10.4 Å². The second kappa shape index (κ2) is 7.84. The standard InChI is InChI=1S/C12H24BN3O3/c1-2-13(19-16-9-5-6-10-16)18-12(17)11-14-15-7-3-4-8-15/h14H,2-11H2,1H3. The zero-order chi connectivity index (χ0) is 13.5. The van der Waals surface area contributed by atoms with E-state index in [1.54, 1.807) is 0 Å². The van der Waals surface area contributed by atoms with Crippen molar-refractivity contribution in [1.29, 1.82) is 0 Å². The summed E-state index contributed by atoms with van der Waals surface area (Å²) in [4.78, 5) is 11.7. The van der Waals surface area contributed by atoms with E-state index in [0.717, 1.165) is 39.0 Å². The number of hydroxylamine groups is 2. The van der Waals surface area contributed by atoms with Gasteiger partial charge in [0.1, 0.15) is 6.54 Å². The summed E-state index contributed by atoms with van der Waals surface area (Å²) in [6.07, 6.45) is 5.36. The van der Waals surface area contributed by atoms with Crippen molar-refractivity contribution in [3.63, 3.8) is 0 Å². The second-order valence-corrected chi connectivity index (χ2v) is 5.10. The Morgan fingerprint density at radius 3 is 2.42 bits per heavy atom. The number of hydrogen-bond donors (Lipinski definition) is 1. The van der Waals surface area contributed by atoms with E-state index < -0.39 is 7.12 Å². The van der Waals surface area contributed by atoms with Crippen LogP contribution in [-0.2, 0) is 14.2 Å². The summed E-state index contributed by atoms with van der Waals surface area (Å²) in [6.45, 7) is 6.06. The summed E-state index contributed by atoms with van der Waals surface area (Å²) >= 11 is 0. The minimum Gasteiger partial charge on any atom is -0.508 e. The Morgan fingerprint density at radius 1 is 1.16 bits per heavy atom. The Hall–Kier alpha value is -0.625. The van der Waals surface area contributed by atoms with Crippen LogP contribution >= 0.6 is 0 Å². The van der Waals surface area contributed by atoms with E-state index >= 15 is 0 Å². The molecule has 0 radical (unpaired) electrons. The van der Waals surface area contributed by atoms with Crippen molar-refractivity contribution < 1.29 is 14.2 Å². The lowest BCUT2D eigenvalue weighted by Gasteiger charge is -2.21. The first-order valence-corrected chi connectivity index (χ1v) is 7.37. The van der Waals surface area contributed by atoms with Crippen molar-refractivity contribution in [2.24, 2.45) is 0 Å². The molecule has 2 aliphatic heterocycles. The topological polar surface area (TPSA) is 54.0 Å². The van der Waals surface area contributed by atoms with Crippen molar-refractivity contribution >= 4 is 13.1 Å². The van der Waals surface area contributed by atoms with Crippen LogP contribution < -0.4 is 5.43 Å². The number of nitrogens with one attached hydrogen (secondary N) is 1. The number of hydrogen-bond acceptors (Lipinski definition) is 6. The normalized spacial score (nSPS) is 20.9. The van der Waals surface area contributed by atoms with Gasteiger partial charge in [0.2, 0.25) is 0 Å². The van der Waals surface area contributed by atoms with Crippen LogP contribution in [0.4, 0.5) is 0 Å². The average Bonchev–Trinajstić information content (AvgIpc) is 3.08. The molecule has 2 rings (SSSR count). The lowest BCUT2D eigenvalue weighted by atomic mass is 9.86. The number of nitrogens with zero attached hydrogens (tertiary/aromatic N) is 2. The number of carbonyl (C=O) groups excluding carboxylic acids is 1. The third kappa shape index (κ3) is 5.10. The molecule has 2 fully saturated rings. The van der Waals surface area contributed by atoms with E-state index in [1.807, 2.05) is 12.0 Å². The molecular weight excluding hydrogens is 245 g/mol. The van der Waals surface area contributed by atoms with Crippen molar-refractivity contribution in [1.82, 2.24) is 15.5 Å². The van der Waals surface area contributed by atoms with Gasteiger partial charge in [0.05, 0.1) is 0 Å². The predicted molar refractivity (Wildman–Crippen MR) is 73.0 cm³/mol. The van der Waals surface area contributed by atoms with Crippen LogP contribution in [0.2, 0.25) is 6.32 Å². The van der Waals surface area contributed by atoms with Crippen molar-refractivity contribution in [3.05, 3.63) is 0 Å². The Labute approximate surface area is 115 Å². The molecule has 2 saturated heterocycles. The first-order valence-electron chi connectivity index (χ1n) is 7.37. The van der Waals surface area contributed by atoms with Crippen LogP contribution in [0.5, 0.6) is 0 Å². The molecule has 7 heteroatoms. The smallest absolute Gasteiger partial charge is 0.508 e. The van der Waals surface area contributed by atoms with Crippen molar-refractivity contribution in [2.45, 2.75) is 38.9 Å². The summed E-state index contributed by atoms with van der Waals surface area (Å²) in [5, 5.41) is 3.97. The molecule has 0 spiro atoms. The third-order valence-corrected chi connectivity index (χ3v) is 3.48. The van der Waals surface area contributed by atoms with Gasteiger partial charge in [0.15, 0.2) is 0 Å². The molecule has 6 nitrogen and oxygen atoms in total. The van der Waals surface area contributed by atoms with E-state index in [-0.39, 0.29) is 12.5 Å². The Kier molecular flexibility index (Phi) is 6.10. The minimum atomic E-state index is -0.453. The molecule has 0 bridgehead atoms. The maximum absolute atomic E-state index is 11.7. The minimum absolute atomic E-state index is 0.222. The third-order valence-electron chi connectivity index (χ3n) is 3.48. The molecule has 19 heavy (non-hydrogen) atoms. The molecular formula is C12H24BN3O3. The maximum Gasteiger partial charge on any atom is 0.544 e. The fourth-order valence-corrected chi connectivity index (χ4v) is 2.38. The zero-order valence-corrected chi connectivity index (χ0v) is 11.8. The van der Waals surface area contributed by atoms with Gasteiger partial charge in [-0.05, 0) is 32.0 Å². The Morgan fingerprint density at radius 2 is 1.79 bits per heavy atom. The molecule has 0 aromatic carbocycles. The lowest BCUT2D eigenvalue weighted by Crippen LogP contribution is -2.42. The predicted octanol–water partition coefficient (Wildman–Crippen LogP) is 0.665. The van der Waals surface area contributed by atoms with Crippen molar-refractivity contribution in [2.75, 3.05) is 32.7 Å². The van der Waals surface area contributed by atoms with Gasteiger partial charge < -0.3 is 9.41 Å². The van der Waals surface area contributed by atoms with Crippen LogP contribution in [0, 0.1) is 0 Å². The molecule has 0 amide bonds. The molecule has 1 N–H and O–H groups in total. The zero-order valence-electron chi connectivity index (χ0n) is 11.8. The van der Waals surface area contributed by atoms with Gasteiger partial charge in [-0.2, -0.15) is 0 Å². The number of rotatable bonds is 7. The van der Waals surface area contributed by atoms with Gasteiger partial charge in [0.25, 0.3) is 0 Å². The maximum atomic E-state index is 11.7. The van der Waals surface area contributed by atoms with E-state index in [0.29, 0.717) is 6.32 Å². The molecule has 0 unspecified atom stereocenters. The van der Waals surface area contributed by atoms with Crippen LogP contribution in [0.1, 0.15) is 32.6 Å². The first-order chi connectivity index (χ1) is 9.28. The average molecular weight is 269 g/mol. The summed E-state index contributed by atoms with van der Waals surface area (Å²) in [7, 11) is -0.453. The highest BCUT2D eigenvalue weighted by Gasteiger charge is 2.26. The molecule has 0 saturated carbocycles. The van der Waals surface area contributed by atoms with E-state index in [1.165, 1.54) is 12.8 Å². The first kappa shape index (κ1) is 14.8. The summed E-state index contributed by atoms with van der Waals surface area (Å²) in [6, 6.07) is 0.